The van der Waals surface area contributed by atoms with Crippen LogP contribution < -0.4 is 0 Å². The lowest BCUT2D eigenvalue weighted by atomic mass is 10.0. The van der Waals surface area contributed by atoms with E-state index in [4.69, 9.17) is 18.9 Å². The zero-order chi connectivity index (χ0) is 23.6. The second-order valence-corrected chi connectivity index (χ2v) is 8.27. The lowest BCUT2D eigenvalue weighted by Gasteiger charge is -2.25. The average Bonchev–Trinajstić information content (AvgIpc) is 3.47. The molecule has 2 fully saturated rings. The van der Waals surface area contributed by atoms with E-state index in [0.29, 0.717) is 39.1 Å². The van der Waals surface area contributed by atoms with Crippen molar-refractivity contribution in [1.29, 1.82) is 0 Å². The summed E-state index contributed by atoms with van der Waals surface area (Å²) in [5.74, 6) is 0. The maximum absolute atomic E-state index is 10.5. The van der Waals surface area contributed by atoms with Gasteiger partial charge < -0.3 is 18.9 Å². The molecule has 2 aromatic carbocycles. The molecule has 4 unspecified atom stereocenters. The Labute approximate surface area is 198 Å². The number of hydrogen-bond donors (Lipinski definition) is 0. The Balaban J connectivity index is 1.41. The van der Waals surface area contributed by atoms with Crippen molar-refractivity contribution in [2.45, 2.75) is 49.5 Å². The Hall–Kier alpha value is -2.96. The van der Waals surface area contributed by atoms with Gasteiger partial charge in [-0.15, -0.1) is 0 Å². The number of carbonyl (C=O) groups excluding carboxylic acids is 2. The summed E-state index contributed by atoms with van der Waals surface area (Å²) in [7, 11) is 0. The Morgan fingerprint density at radius 1 is 0.735 bits per heavy atom. The topological polar surface area (TPSA) is 95.8 Å². The van der Waals surface area contributed by atoms with E-state index in [1.807, 2.05) is 60.7 Å². The SMILES string of the molecule is O=C=NCCC(O[C@H]1COC2C1OC[C@@H]2OC(CCN=C=O)c1ccccc1)c1ccccc1. The van der Waals surface area contributed by atoms with Gasteiger partial charge in [0.2, 0.25) is 12.2 Å². The van der Waals surface area contributed by atoms with E-state index >= 15 is 0 Å². The van der Waals surface area contributed by atoms with Crippen LogP contribution in [0.3, 0.4) is 0 Å². The zero-order valence-corrected chi connectivity index (χ0v) is 18.8. The second kappa shape index (κ2) is 12.5. The van der Waals surface area contributed by atoms with Crippen LogP contribution in [-0.2, 0) is 28.5 Å². The molecule has 2 heterocycles. The van der Waals surface area contributed by atoms with Gasteiger partial charge in [0.15, 0.2) is 0 Å². The van der Waals surface area contributed by atoms with Gasteiger partial charge in [0, 0.05) is 0 Å². The fraction of sp³-hybridized carbons (Fsp3) is 0.462. The fourth-order valence-electron chi connectivity index (χ4n) is 4.50. The number of aliphatic imine (C=N–C) groups is 2. The molecule has 0 spiro atoms. The number of hydrogen-bond acceptors (Lipinski definition) is 8. The minimum Gasteiger partial charge on any atom is -0.370 e. The minimum absolute atomic E-state index is 0.243. The molecule has 34 heavy (non-hydrogen) atoms. The molecule has 2 saturated heterocycles. The van der Waals surface area contributed by atoms with Crippen LogP contribution in [0.5, 0.6) is 0 Å². The molecule has 8 nitrogen and oxygen atoms in total. The zero-order valence-electron chi connectivity index (χ0n) is 18.8. The van der Waals surface area contributed by atoms with E-state index in [2.05, 4.69) is 9.98 Å². The maximum Gasteiger partial charge on any atom is 0.234 e. The van der Waals surface area contributed by atoms with Crippen LogP contribution in [0.2, 0.25) is 0 Å². The summed E-state index contributed by atoms with van der Waals surface area (Å²) in [6.07, 6.45) is 2.76. The molecule has 4 rings (SSSR count). The third kappa shape index (κ3) is 6.13. The molecule has 0 radical (unpaired) electrons. The van der Waals surface area contributed by atoms with E-state index in [9.17, 15) is 9.59 Å². The van der Waals surface area contributed by atoms with E-state index in [1.54, 1.807) is 12.2 Å². The molecular formula is C26H28N2O6. The van der Waals surface area contributed by atoms with Crippen molar-refractivity contribution >= 4 is 12.2 Å². The van der Waals surface area contributed by atoms with Gasteiger partial charge in [0.05, 0.1) is 38.5 Å². The highest BCUT2D eigenvalue weighted by atomic mass is 16.6. The highest BCUT2D eigenvalue weighted by molar-refractivity contribution is 5.33. The molecule has 0 bridgehead atoms. The van der Waals surface area contributed by atoms with Crippen LogP contribution >= 0.6 is 0 Å². The lowest BCUT2D eigenvalue weighted by Crippen LogP contribution is -2.35. The summed E-state index contributed by atoms with van der Waals surface area (Å²) < 4.78 is 25.0. The third-order valence-corrected chi connectivity index (χ3v) is 6.12. The normalized spacial score (nSPS) is 25.1. The number of fused-ring (bicyclic) bond motifs is 1. The third-order valence-electron chi connectivity index (χ3n) is 6.12. The molecule has 0 aliphatic carbocycles. The van der Waals surface area contributed by atoms with E-state index in [1.165, 1.54) is 0 Å². The van der Waals surface area contributed by atoms with Gasteiger partial charge in [-0.05, 0) is 24.0 Å². The molecule has 178 valence electrons. The van der Waals surface area contributed by atoms with Crippen molar-refractivity contribution < 1.29 is 28.5 Å². The summed E-state index contributed by atoms with van der Waals surface area (Å²) in [5, 5.41) is 0. The first-order valence-corrected chi connectivity index (χ1v) is 11.5. The Kier molecular flexibility index (Phi) is 8.88. The highest BCUT2D eigenvalue weighted by Gasteiger charge is 2.50. The van der Waals surface area contributed by atoms with E-state index in [0.717, 1.165) is 11.1 Å². The quantitative estimate of drug-likeness (QED) is 0.352. The summed E-state index contributed by atoms with van der Waals surface area (Å²) >= 11 is 0. The molecule has 0 N–H and O–H groups in total. The largest absolute Gasteiger partial charge is 0.370 e. The smallest absolute Gasteiger partial charge is 0.234 e. The van der Waals surface area contributed by atoms with Gasteiger partial charge in [-0.2, -0.15) is 0 Å². The molecule has 0 saturated carbocycles. The molecule has 6 atom stereocenters. The molecule has 0 amide bonds. The van der Waals surface area contributed by atoms with Crippen molar-refractivity contribution in [1.82, 2.24) is 0 Å². The van der Waals surface area contributed by atoms with Crippen molar-refractivity contribution in [3.05, 3.63) is 71.8 Å². The van der Waals surface area contributed by atoms with Crippen LogP contribution in [0.1, 0.15) is 36.2 Å². The summed E-state index contributed by atoms with van der Waals surface area (Å²) in [4.78, 5) is 28.4. The van der Waals surface area contributed by atoms with Gasteiger partial charge in [-0.1, -0.05) is 60.7 Å². The number of ether oxygens (including phenoxy) is 4. The molecule has 8 heteroatoms. The van der Waals surface area contributed by atoms with E-state index in [-0.39, 0.29) is 36.6 Å². The number of nitrogens with zero attached hydrogens (tertiary/aromatic N) is 2. The molecule has 2 aliphatic rings. The van der Waals surface area contributed by atoms with Crippen molar-refractivity contribution in [2.24, 2.45) is 9.98 Å². The first-order chi connectivity index (χ1) is 16.8. The molecule has 2 aromatic rings. The van der Waals surface area contributed by atoms with Gasteiger partial charge in [-0.3, -0.25) is 0 Å². The van der Waals surface area contributed by atoms with Crippen LogP contribution in [0, 0.1) is 0 Å². The Bertz CT molecular complexity index is 909. The predicted molar refractivity (Wildman–Crippen MR) is 123 cm³/mol. The van der Waals surface area contributed by atoms with E-state index < -0.39 is 0 Å². The van der Waals surface area contributed by atoms with Crippen LogP contribution in [-0.4, -0.2) is 62.9 Å². The summed E-state index contributed by atoms with van der Waals surface area (Å²) in [6.45, 7) is 1.44. The Morgan fingerprint density at radius 2 is 1.15 bits per heavy atom. The van der Waals surface area contributed by atoms with Crippen molar-refractivity contribution in [3.8, 4) is 0 Å². The van der Waals surface area contributed by atoms with Crippen LogP contribution in [0.15, 0.2) is 70.6 Å². The van der Waals surface area contributed by atoms with Gasteiger partial charge in [-0.25, -0.2) is 19.6 Å². The van der Waals surface area contributed by atoms with Gasteiger partial charge in [0.1, 0.15) is 24.4 Å². The van der Waals surface area contributed by atoms with Gasteiger partial charge >= 0.3 is 0 Å². The van der Waals surface area contributed by atoms with Gasteiger partial charge in [0.25, 0.3) is 0 Å². The number of isocyanates is 2. The fourth-order valence-corrected chi connectivity index (χ4v) is 4.50. The maximum atomic E-state index is 10.5. The predicted octanol–water partition coefficient (Wildman–Crippen LogP) is 3.49. The molecule has 0 aromatic heterocycles. The minimum atomic E-state index is -0.265. The second-order valence-electron chi connectivity index (χ2n) is 8.27. The highest BCUT2D eigenvalue weighted by Crippen LogP contribution is 2.36. The number of benzene rings is 2. The van der Waals surface area contributed by atoms with Crippen LogP contribution in [0.4, 0.5) is 0 Å². The summed E-state index contributed by atoms with van der Waals surface area (Å²) in [6, 6.07) is 19.7. The van der Waals surface area contributed by atoms with Crippen molar-refractivity contribution in [3.63, 3.8) is 0 Å². The Morgan fingerprint density at radius 3 is 1.53 bits per heavy atom. The monoisotopic (exact) mass is 464 g/mol. The molecule has 2 aliphatic heterocycles. The standard InChI is InChI=1S/C26H28N2O6/c29-17-27-13-11-21(19-7-3-1-4-8-19)33-23-15-31-26-24(16-32-25(23)26)34-22(12-14-28-18-30)20-9-5-2-6-10-20/h1-10,21-26H,11-16H2/t21?,22?,23-,24-,25?,26?/m0/s1. The lowest BCUT2D eigenvalue weighted by molar-refractivity contribution is -0.0898. The summed E-state index contributed by atoms with van der Waals surface area (Å²) in [5.41, 5.74) is 2.02. The average molecular weight is 465 g/mol. The number of rotatable bonds is 12. The first-order valence-electron chi connectivity index (χ1n) is 11.5. The molecular weight excluding hydrogens is 436 g/mol. The first kappa shape index (κ1) is 24.2. The van der Waals surface area contributed by atoms with Crippen LogP contribution in [0.25, 0.3) is 0 Å². The van der Waals surface area contributed by atoms with Crippen molar-refractivity contribution in [2.75, 3.05) is 26.3 Å².